The molecule has 4 heterocycles. The molecular formula is C21H19N5O4S2. The van der Waals surface area contributed by atoms with E-state index >= 15 is 0 Å². The molecule has 0 aliphatic rings. The van der Waals surface area contributed by atoms with E-state index in [1.54, 1.807) is 41.4 Å². The second-order valence-corrected chi connectivity index (χ2v) is 8.32. The summed E-state index contributed by atoms with van der Waals surface area (Å²) in [6.45, 7) is 1.95. The molecule has 0 saturated carbocycles. The largest absolute Gasteiger partial charge is 0.464 e. The highest BCUT2D eigenvalue weighted by atomic mass is 32.2. The number of thiophene rings is 1. The van der Waals surface area contributed by atoms with Crippen LogP contribution in [-0.4, -0.2) is 44.0 Å². The number of pyridine rings is 1. The summed E-state index contributed by atoms with van der Waals surface area (Å²) < 4.78 is 12.4. The summed E-state index contributed by atoms with van der Waals surface area (Å²) in [5.41, 5.74) is 1.69. The zero-order valence-electron chi connectivity index (χ0n) is 17.3. The van der Waals surface area contributed by atoms with Gasteiger partial charge < -0.3 is 19.0 Å². The van der Waals surface area contributed by atoms with Gasteiger partial charge in [-0.25, -0.2) is 4.79 Å². The number of ether oxygens (including phenoxy) is 1. The zero-order chi connectivity index (χ0) is 22.5. The highest BCUT2D eigenvalue weighted by Gasteiger charge is 2.24. The lowest BCUT2D eigenvalue weighted by atomic mass is 10.1. The molecule has 4 aromatic rings. The summed E-state index contributed by atoms with van der Waals surface area (Å²) in [6.07, 6.45) is 4.92. The summed E-state index contributed by atoms with van der Waals surface area (Å²) >= 11 is 2.49. The van der Waals surface area contributed by atoms with Gasteiger partial charge in [-0.1, -0.05) is 11.8 Å². The summed E-state index contributed by atoms with van der Waals surface area (Å²) in [5.74, 6) is 0.486. The number of hydrogen-bond donors (Lipinski definition) is 1. The van der Waals surface area contributed by atoms with Crippen LogP contribution in [-0.2, 0) is 16.6 Å². The monoisotopic (exact) mass is 469 g/mol. The first-order chi connectivity index (χ1) is 15.6. The van der Waals surface area contributed by atoms with Crippen LogP contribution in [0.15, 0.2) is 57.9 Å². The number of hydrogen-bond acceptors (Lipinski definition) is 9. The maximum absolute atomic E-state index is 12.6. The fraction of sp³-hybridized carbons (Fsp3) is 0.190. The van der Waals surface area contributed by atoms with Crippen LogP contribution in [0, 0.1) is 0 Å². The molecule has 1 N–H and O–H groups in total. The first-order valence-electron chi connectivity index (χ1n) is 9.63. The minimum Gasteiger partial charge on any atom is -0.464 e. The summed E-state index contributed by atoms with van der Waals surface area (Å²) in [7, 11) is 1.83. The van der Waals surface area contributed by atoms with Crippen molar-refractivity contribution in [1.82, 2.24) is 19.7 Å². The van der Waals surface area contributed by atoms with Crippen molar-refractivity contribution in [3.8, 4) is 22.7 Å². The zero-order valence-corrected chi connectivity index (χ0v) is 18.9. The average Bonchev–Trinajstić information content (AvgIpc) is 3.53. The van der Waals surface area contributed by atoms with Crippen molar-refractivity contribution >= 4 is 40.0 Å². The van der Waals surface area contributed by atoms with Gasteiger partial charge in [0.25, 0.3) is 0 Å². The predicted octanol–water partition coefficient (Wildman–Crippen LogP) is 4.11. The lowest BCUT2D eigenvalue weighted by molar-refractivity contribution is -0.113. The number of carbonyl (C=O) groups is 2. The maximum Gasteiger partial charge on any atom is 0.341 e. The van der Waals surface area contributed by atoms with Gasteiger partial charge >= 0.3 is 5.97 Å². The van der Waals surface area contributed by atoms with E-state index in [-0.39, 0.29) is 23.8 Å². The van der Waals surface area contributed by atoms with Crippen molar-refractivity contribution in [2.75, 3.05) is 17.7 Å². The molecule has 164 valence electrons. The first kappa shape index (κ1) is 21.8. The van der Waals surface area contributed by atoms with Crippen LogP contribution in [0.4, 0.5) is 5.00 Å². The number of anilines is 1. The molecular weight excluding hydrogens is 450 g/mol. The van der Waals surface area contributed by atoms with Crippen LogP contribution in [0.2, 0.25) is 0 Å². The normalized spacial score (nSPS) is 10.8. The average molecular weight is 470 g/mol. The third-order valence-corrected chi connectivity index (χ3v) is 6.31. The topological polar surface area (TPSA) is 112 Å². The summed E-state index contributed by atoms with van der Waals surface area (Å²) in [4.78, 5) is 29.3. The van der Waals surface area contributed by atoms with Gasteiger partial charge in [-0.05, 0) is 31.2 Å². The van der Waals surface area contributed by atoms with Crippen LogP contribution < -0.4 is 5.32 Å². The predicted molar refractivity (Wildman–Crippen MR) is 122 cm³/mol. The fourth-order valence-corrected chi connectivity index (χ4v) is 4.61. The van der Waals surface area contributed by atoms with Crippen LogP contribution in [0.1, 0.15) is 17.3 Å². The molecule has 0 spiro atoms. The lowest BCUT2D eigenvalue weighted by Gasteiger charge is -2.08. The van der Waals surface area contributed by atoms with Crippen LogP contribution in [0.3, 0.4) is 0 Å². The molecule has 0 aliphatic carbocycles. The number of carbonyl (C=O) groups excluding carboxylic acids is 2. The standard InChI is InChI=1S/C21H19N5O4S2/c1-3-29-20(28)17-14(15-7-5-9-30-15)11-31-19(17)23-16(27)12-32-21-25-24-18(26(21)2)13-6-4-8-22-10-13/h4-11H,3,12H2,1-2H3,(H,23,27). The van der Waals surface area contributed by atoms with Gasteiger partial charge in [0.15, 0.2) is 11.0 Å². The molecule has 0 aromatic carbocycles. The van der Waals surface area contributed by atoms with E-state index in [1.807, 2.05) is 19.2 Å². The van der Waals surface area contributed by atoms with Crippen molar-refractivity contribution in [1.29, 1.82) is 0 Å². The molecule has 0 saturated heterocycles. The fourth-order valence-electron chi connectivity index (χ4n) is 2.95. The third kappa shape index (κ3) is 4.58. The second-order valence-electron chi connectivity index (χ2n) is 6.50. The van der Waals surface area contributed by atoms with Gasteiger partial charge in [-0.2, -0.15) is 0 Å². The molecule has 11 heteroatoms. The Kier molecular flexibility index (Phi) is 6.66. The van der Waals surface area contributed by atoms with E-state index in [0.29, 0.717) is 27.3 Å². The molecule has 0 bridgehead atoms. The Balaban J connectivity index is 1.47. The Morgan fingerprint density at radius 2 is 2.16 bits per heavy atom. The molecule has 0 atom stereocenters. The Hall–Kier alpha value is -3.44. The first-order valence-corrected chi connectivity index (χ1v) is 11.5. The van der Waals surface area contributed by atoms with Gasteiger partial charge in [-0.3, -0.25) is 9.78 Å². The van der Waals surface area contributed by atoms with Gasteiger partial charge in [0.05, 0.1) is 18.6 Å². The number of esters is 1. The number of aromatic nitrogens is 4. The van der Waals surface area contributed by atoms with Gasteiger partial charge in [0, 0.05) is 35.9 Å². The molecule has 4 aromatic heterocycles. The lowest BCUT2D eigenvalue weighted by Crippen LogP contribution is -2.16. The number of furan rings is 1. The van der Waals surface area contributed by atoms with E-state index in [0.717, 1.165) is 5.56 Å². The SMILES string of the molecule is CCOC(=O)c1c(-c2ccco2)csc1NC(=O)CSc1nnc(-c2cccnc2)n1C. The number of rotatable bonds is 8. The Morgan fingerprint density at radius 3 is 2.88 bits per heavy atom. The van der Waals surface area contributed by atoms with E-state index in [9.17, 15) is 9.59 Å². The van der Waals surface area contributed by atoms with Crippen molar-refractivity contribution in [2.24, 2.45) is 7.05 Å². The minimum absolute atomic E-state index is 0.0925. The Bertz CT molecular complexity index is 1220. The Morgan fingerprint density at radius 1 is 1.28 bits per heavy atom. The highest BCUT2D eigenvalue weighted by molar-refractivity contribution is 7.99. The van der Waals surface area contributed by atoms with Gasteiger partial charge in [0.2, 0.25) is 5.91 Å². The van der Waals surface area contributed by atoms with Crippen molar-refractivity contribution in [2.45, 2.75) is 12.1 Å². The van der Waals surface area contributed by atoms with Crippen molar-refractivity contribution < 1.29 is 18.7 Å². The number of nitrogens with one attached hydrogen (secondary N) is 1. The van der Waals surface area contributed by atoms with Gasteiger partial charge in [-0.15, -0.1) is 21.5 Å². The summed E-state index contributed by atoms with van der Waals surface area (Å²) in [5, 5.41) is 13.9. The second kappa shape index (κ2) is 9.79. The molecule has 0 unspecified atom stereocenters. The van der Waals surface area contributed by atoms with E-state index in [2.05, 4.69) is 20.5 Å². The number of thioether (sulfide) groups is 1. The Labute approximate surface area is 191 Å². The van der Waals surface area contributed by atoms with E-state index in [4.69, 9.17) is 9.15 Å². The third-order valence-electron chi connectivity index (χ3n) is 4.40. The molecule has 0 fully saturated rings. The molecule has 1 amide bonds. The smallest absolute Gasteiger partial charge is 0.341 e. The molecule has 4 rings (SSSR count). The highest BCUT2D eigenvalue weighted by Crippen LogP contribution is 2.36. The van der Waals surface area contributed by atoms with E-state index < -0.39 is 5.97 Å². The van der Waals surface area contributed by atoms with Crippen LogP contribution >= 0.6 is 23.1 Å². The minimum atomic E-state index is -0.516. The molecule has 32 heavy (non-hydrogen) atoms. The van der Waals surface area contributed by atoms with Gasteiger partial charge in [0.1, 0.15) is 16.3 Å². The molecule has 0 radical (unpaired) electrons. The van der Waals surface area contributed by atoms with Crippen LogP contribution in [0.25, 0.3) is 22.7 Å². The van der Waals surface area contributed by atoms with Crippen molar-refractivity contribution in [3.63, 3.8) is 0 Å². The number of nitrogens with zero attached hydrogens (tertiary/aromatic N) is 4. The molecule has 0 aliphatic heterocycles. The van der Waals surface area contributed by atoms with E-state index in [1.165, 1.54) is 29.4 Å². The quantitative estimate of drug-likeness (QED) is 0.303. The summed E-state index contributed by atoms with van der Waals surface area (Å²) in [6, 6.07) is 7.20. The van der Waals surface area contributed by atoms with Crippen molar-refractivity contribution in [3.05, 3.63) is 53.9 Å². The molecule has 9 nitrogen and oxygen atoms in total. The number of amides is 1. The maximum atomic E-state index is 12.6. The van der Waals surface area contributed by atoms with Crippen LogP contribution in [0.5, 0.6) is 0 Å².